The maximum absolute atomic E-state index is 11.8. The molecule has 0 aliphatic rings. The second kappa shape index (κ2) is 9.07. The minimum absolute atomic E-state index is 0.0000990. The number of carbonyl (C=O) groups excluding carboxylic acids is 2. The fourth-order valence-electron chi connectivity index (χ4n) is 2.01. The topological polar surface area (TPSA) is 100 Å². The number of aromatic hydroxyl groups is 1. The van der Waals surface area contributed by atoms with E-state index in [0.29, 0.717) is 17.0 Å². The van der Waals surface area contributed by atoms with Gasteiger partial charge in [-0.2, -0.15) is 5.10 Å². The van der Waals surface area contributed by atoms with Gasteiger partial charge >= 0.3 is 0 Å². The second-order valence-electron chi connectivity index (χ2n) is 5.11. The van der Waals surface area contributed by atoms with E-state index in [-0.39, 0.29) is 24.5 Å². The maximum atomic E-state index is 11.8. The lowest BCUT2D eigenvalue weighted by molar-refractivity contribution is -0.124. The van der Waals surface area contributed by atoms with E-state index in [2.05, 4.69) is 15.8 Å². The van der Waals surface area contributed by atoms with Crippen LogP contribution in [0, 0.1) is 0 Å². The number of phenols is 1. The summed E-state index contributed by atoms with van der Waals surface area (Å²) in [7, 11) is 1.44. The van der Waals surface area contributed by atoms with Gasteiger partial charge in [-0.15, -0.1) is 0 Å². The summed E-state index contributed by atoms with van der Waals surface area (Å²) in [5.41, 5.74) is 3.40. The Morgan fingerprint density at radius 2 is 1.80 bits per heavy atom. The van der Waals surface area contributed by atoms with Crippen molar-refractivity contribution in [1.82, 2.24) is 5.43 Å². The van der Waals surface area contributed by atoms with Crippen LogP contribution >= 0.6 is 0 Å². The fraction of sp³-hybridized carbons (Fsp3) is 0.167. The van der Waals surface area contributed by atoms with E-state index in [9.17, 15) is 14.7 Å². The number of hydrogen-bond acceptors (Lipinski definition) is 5. The monoisotopic (exact) mass is 341 g/mol. The molecular formula is C18H19N3O4. The van der Waals surface area contributed by atoms with E-state index in [0.717, 1.165) is 0 Å². The van der Waals surface area contributed by atoms with Crippen molar-refractivity contribution in [2.24, 2.45) is 5.10 Å². The maximum Gasteiger partial charge on any atom is 0.240 e. The predicted octanol–water partition coefficient (Wildman–Crippen LogP) is 2.27. The molecule has 0 saturated heterocycles. The summed E-state index contributed by atoms with van der Waals surface area (Å²) < 4.78 is 4.98. The number of amides is 2. The first kappa shape index (κ1) is 18.0. The molecule has 2 rings (SSSR count). The summed E-state index contributed by atoms with van der Waals surface area (Å²) in [4.78, 5) is 23.5. The number of benzene rings is 2. The molecule has 7 nitrogen and oxygen atoms in total. The molecule has 2 aromatic carbocycles. The summed E-state index contributed by atoms with van der Waals surface area (Å²) in [6.07, 6.45) is 1.35. The first-order valence-corrected chi connectivity index (χ1v) is 7.63. The van der Waals surface area contributed by atoms with E-state index < -0.39 is 5.91 Å². The van der Waals surface area contributed by atoms with Crippen LogP contribution in [0.4, 0.5) is 5.69 Å². The van der Waals surface area contributed by atoms with Crippen molar-refractivity contribution in [2.45, 2.75) is 12.8 Å². The highest BCUT2D eigenvalue weighted by Crippen LogP contribution is 2.27. The number of nitrogens with zero attached hydrogens (tertiary/aromatic N) is 1. The lowest BCUT2D eigenvalue weighted by atomic mass is 10.2. The SMILES string of the molecule is COc1cccc(/C=N/NC(=O)CCC(=O)Nc2ccccc2)c1O. The Labute approximate surface area is 145 Å². The van der Waals surface area contributed by atoms with Gasteiger partial charge in [0.05, 0.1) is 13.3 Å². The number of methoxy groups -OCH3 is 1. The van der Waals surface area contributed by atoms with Crippen molar-refractivity contribution in [3.8, 4) is 11.5 Å². The zero-order chi connectivity index (χ0) is 18.1. The first-order chi connectivity index (χ1) is 12.1. The van der Waals surface area contributed by atoms with Crippen molar-refractivity contribution in [3.63, 3.8) is 0 Å². The Balaban J connectivity index is 1.78. The van der Waals surface area contributed by atoms with Gasteiger partial charge in [0.15, 0.2) is 11.5 Å². The van der Waals surface area contributed by atoms with Gasteiger partial charge in [-0.3, -0.25) is 9.59 Å². The van der Waals surface area contributed by atoms with Crippen LogP contribution in [0.3, 0.4) is 0 Å². The third-order valence-electron chi connectivity index (χ3n) is 3.28. The Morgan fingerprint density at radius 3 is 2.52 bits per heavy atom. The minimum Gasteiger partial charge on any atom is -0.504 e. The van der Waals surface area contributed by atoms with E-state index in [1.54, 1.807) is 30.3 Å². The van der Waals surface area contributed by atoms with Gasteiger partial charge in [0, 0.05) is 24.1 Å². The summed E-state index contributed by atoms with van der Waals surface area (Å²) >= 11 is 0. The first-order valence-electron chi connectivity index (χ1n) is 7.63. The largest absolute Gasteiger partial charge is 0.504 e. The molecule has 0 bridgehead atoms. The minimum atomic E-state index is -0.401. The third-order valence-corrected chi connectivity index (χ3v) is 3.28. The highest BCUT2D eigenvalue weighted by atomic mass is 16.5. The van der Waals surface area contributed by atoms with Crippen LogP contribution in [0.5, 0.6) is 11.5 Å². The van der Waals surface area contributed by atoms with Crippen molar-refractivity contribution < 1.29 is 19.4 Å². The average Bonchev–Trinajstić information content (AvgIpc) is 2.62. The number of carbonyl (C=O) groups is 2. The summed E-state index contributed by atoms with van der Waals surface area (Å²) in [6, 6.07) is 13.9. The van der Waals surface area contributed by atoms with Crippen LogP contribution in [-0.2, 0) is 9.59 Å². The summed E-state index contributed by atoms with van der Waals surface area (Å²) in [5.74, 6) is -0.407. The van der Waals surface area contributed by atoms with Crippen molar-refractivity contribution in [3.05, 3.63) is 54.1 Å². The second-order valence-corrected chi connectivity index (χ2v) is 5.11. The third kappa shape index (κ3) is 5.65. The fourth-order valence-corrected chi connectivity index (χ4v) is 2.01. The molecule has 0 heterocycles. The molecule has 2 aromatic rings. The van der Waals surface area contributed by atoms with Crippen molar-refractivity contribution >= 4 is 23.7 Å². The van der Waals surface area contributed by atoms with Crippen LogP contribution in [0.15, 0.2) is 53.6 Å². The summed E-state index contributed by atoms with van der Waals surface area (Å²) in [6.45, 7) is 0. The zero-order valence-electron chi connectivity index (χ0n) is 13.7. The molecule has 130 valence electrons. The van der Waals surface area contributed by atoms with Gasteiger partial charge in [0.25, 0.3) is 0 Å². The van der Waals surface area contributed by atoms with Gasteiger partial charge in [0.1, 0.15) is 0 Å². The van der Waals surface area contributed by atoms with Crippen LogP contribution in [0.2, 0.25) is 0 Å². The molecule has 0 unspecified atom stereocenters. The quantitative estimate of drug-likeness (QED) is 0.531. The zero-order valence-corrected chi connectivity index (χ0v) is 13.7. The normalized spacial score (nSPS) is 10.4. The van der Waals surface area contributed by atoms with E-state index in [1.807, 2.05) is 18.2 Å². The Hall–Kier alpha value is -3.35. The molecule has 7 heteroatoms. The molecule has 0 aliphatic heterocycles. The highest BCUT2D eigenvalue weighted by Gasteiger charge is 2.07. The highest BCUT2D eigenvalue weighted by molar-refractivity contribution is 5.93. The lowest BCUT2D eigenvalue weighted by Crippen LogP contribution is -2.20. The van der Waals surface area contributed by atoms with Crippen LogP contribution in [0.1, 0.15) is 18.4 Å². The molecule has 0 aliphatic carbocycles. The van der Waals surface area contributed by atoms with Gasteiger partial charge in [-0.25, -0.2) is 5.43 Å². The molecule has 3 N–H and O–H groups in total. The molecule has 0 radical (unpaired) electrons. The van der Waals surface area contributed by atoms with Gasteiger partial charge in [-0.1, -0.05) is 24.3 Å². The predicted molar refractivity (Wildman–Crippen MR) is 94.7 cm³/mol. The number of nitrogens with one attached hydrogen (secondary N) is 2. The average molecular weight is 341 g/mol. The number of hydrazone groups is 1. The van der Waals surface area contributed by atoms with Crippen molar-refractivity contribution in [1.29, 1.82) is 0 Å². The standard InChI is InChI=1S/C18H19N3O4/c1-25-15-9-5-6-13(18(15)24)12-19-21-17(23)11-10-16(22)20-14-7-3-2-4-8-14/h2-9,12,24H,10-11H2,1H3,(H,20,22)(H,21,23)/b19-12+. The molecule has 0 spiro atoms. The van der Waals surface area contributed by atoms with Crippen LogP contribution < -0.4 is 15.5 Å². The van der Waals surface area contributed by atoms with Gasteiger partial charge < -0.3 is 15.2 Å². The molecule has 0 saturated carbocycles. The molecule has 0 fully saturated rings. The molecule has 2 amide bonds. The molecular weight excluding hydrogens is 322 g/mol. The number of phenolic OH excluding ortho intramolecular Hbond substituents is 1. The smallest absolute Gasteiger partial charge is 0.240 e. The van der Waals surface area contributed by atoms with Gasteiger partial charge in [-0.05, 0) is 24.3 Å². The molecule has 0 atom stereocenters. The van der Waals surface area contributed by atoms with E-state index >= 15 is 0 Å². The lowest BCUT2D eigenvalue weighted by Gasteiger charge is -2.05. The number of anilines is 1. The van der Waals surface area contributed by atoms with E-state index in [4.69, 9.17) is 4.74 Å². The molecule has 25 heavy (non-hydrogen) atoms. The van der Waals surface area contributed by atoms with E-state index in [1.165, 1.54) is 13.3 Å². The Kier molecular flexibility index (Phi) is 6.53. The Morgan fingerprint density at radius 1 is 1.08 bits per heavy atom. The molecule has 0 aromatic heterocycles. The van der Waals surface area contributed by atoms with Crippen LogP contribution in [-0.4, -0.2) is 30.2 Å². The number of rotatable bonds is 7. The Bertz CT molecular complexity index is 760. The van der Waals surface area contributed by atoms with Gasteiger partial charge in [0.2, 0.25) is 11.8 Å². The number of hydrogen-bond donors (Lipinski definition) is 3. The number of ether oxygens (including phenoxy) is 1. The van der Waals surface area contributed by atoms with Crippen molar-refractivity contribution in [2.75, 3.05) is 12.4 Å². The van der Waals surface area contributed by atoms with Crippen LogP contribution in [0.25, 0.3) is 0 Å². The number of para-hydroxylation sites is 2. The summed E-state index contributed by atoms with van der Waals surface area (Å²) in [5, 5.41) is 16.4.